The average Bonchev–Trinajstić information content (AvgIpc) is 3.55. The smallest absolute Gasteiger partial charge is 0.223 e. The molecule has 0 spiro atoms. The highest BCUT2D eigenvalue weighted by atomic mass is 16.2. The number of carbonyl (C=O) groups excluding carboxylic acids is 2. The zero-order chi connectivity index (χ0) is 20.8. The fraction of sp³-hybridized carbons (Fsp3) is 0.923. The van der Waals surface area contributed by atoms with E-state index in [9.17, 15) is 9.59 Å². The molecule has 4 nitrogen and oxygen atoms in total. The lowest BCUT2D eigenvalue weighted by Crippen LogP contribution is -2.46. The van der Waals surface area contributed by atoms with Crippen LogP contribution in [-0.2, 0) is 9.59 Å². The van der Waals surface area contributed by atoms with E-state index in [4.69, 9.17) is 0 Å². The monoisotopic (exact) mass is 414 g/mol. The molecule has 2 amide bonds. The largest absolute Gasteiger partial charge is 0.353 e. The molecule has 4 heteroatoms. The molecule has 4 bridgehead atoms. The fourth-order valence-corrected chi connectivity index (χ4v) is 8.33. The van der Waals surface area contributed by atoms with Crippen LogP contribution in [0.3, 0.4) is 0 Å². The van der Waals surface area contributed by atoms with Gasteiger partial charge in [0.15, 0.2) is 0 Å². The quantitative estimate of drug-likeness (QED) is 0.663. The molecular weight excluding hydrogens is 372 g/mol. The van der Waals surface area contributed by atoms with Gasteiger partial charge in [0.05, 0.1) is 0 Å². The number of nitrogens with one attached hydrogen (secondary N) is 2. The van der Waals surface area contributed by atoms with Crippen LogP contribution in [0, 0.1) is 47.3 Å². The first kappa shape index (κ1) is 20.8. The molecule has 0 saturated heterocycles. The third-order valence-electron chi connectivity index (χ3n) is 10.1. The number of hydrogen-bond acceptors (Lipinski definition) is 2. The van der Waals surface area contributed by atoms with Crippen molar-refractivity contribution in [3.8, 4) is 0 Å². The summed E-state index contributed by atoms with van der Waals surface area (Å²) < 4.78 is 0. The lowest BCUT2D eigenvalue weighted by molar-refractivity contribution is -0.131. The van der Waals surface area contributed by atoms with Crippen LogP contribution >= 0.6 is 0 Å². The van der Waals surface area contributed by atoms with Crippen molar-refractivity contribution < 1.29 is 9.59 Å². The Kier molecular flexibility index (Phi) is 5.88. The molecular formula is C26H42N2O2. The van der Waals surface area contributed by atoms with Gasteiger partial charge in [-0.2, -0.15) is 0 Å². The van der Waals surface area contributed by atoms with E-state index in [0.29, 0.717) is 23.9 Å². The molecule has 5 aliphatic carbocycles. The van der Waals surface area contributed by atoms with Crippen LogP contribution in [0.25, 0.3) is 0 Å². The summed E-state index contributed by atoms with van der Waals surface area (Å²) in [5.74, 6) is 5.66. The normalized spacial score (nSPS) is 44.1. The summed E-state index contributed by atoms with van der Waals surface area (Å²) in [5, 5.41) is 6.73. The molecule has 0 aromatic heterocycles. The first-order valence-electron chi connectivity index (χ1n) is 13.1. The van der Waals surface area contributed by atoms with Crippen molar-refractivity contribution in [2.75, 3.05) is 0 Å². The lowest BCUT2D eigenvalue weighted by Gasteiger charge is -2.33. The topological polar surface area (TPSA) is 58.2 Å². The van der Waals surface area contributed by atoms with E-state index >= 15 is 0 Å². The number of fused-ring (bicyclic) bond motifs is 4. The minimum Gasteiger partial charge on any atom is -0.353 e. The average molecular weight is 415 g/mol. The molecule has 30 heavy (non-hydrogen) atoms. The Hall–Kier alpha value is -1.06. The van der Waals surface area contributed by atoms with E-state index in [1.54, 1.807) is 0 Å². The number of hydrogen-bond donors (Lipinski definition) is 2. The van der Waals surface area contributed by atoms with Crippen LogP contribution in [-0.4, -0.2) is 23.9 Å². The van der Waals surface area contributed by atoms with Gasteiger partial charge >= 0.3 is 0 Å². The first-order valence-corrected chi connectivity index (χ1v) is 13.1. The van der Waals surface area contributed by atoms with E-state index in [1.165, 1.54) is 51.4 Å². The van der Waals surface area contributed by atoms with Gasteiger partial charge in [0.2, 0.25) is 11.8 Å². The van der Waals surface area contributed by atoms with E-state index in [0.717, 1.165) is 49.4 Å². The third-order valence-corrected chi connectivity index (χ3v) is 10.1. The Labute approximate surface area is 182 Å². The van der Waals surface area contributed by atoms with Gasteiger partial charge in [-0.15, -0.1) is 0 Å². The van der Waals surface area contributed by atoms with Crippen molar-refractivity contribution in [2.45, 2.75) is 103 Å². The molecule has 0 aromatic carbocycles. The van der Waals surface area contributed by atoms with Crippen molar-refractivity contribution in [1.82, 2.24) is 10.6 Å². The van der Waals surface area contributed by atoms with E-state index in [1.807, 2.05) is 0 Å². The van der Waals surface area contributed by atoms with Gasteiger partial charge in [-0.25, -0.2) is 0 Å². The summed E-state index contributed by atoms with van der Waals surface area (Å²) in [6.45, 7) is 4.44. The van der Waals surface area contributed by atoms with Crippen molar-refractivity contribution in [2.24, 2.45) is 47.3 Å². The van der Waals surface area contributed by atoms with E-state index in [2.05, 4.69) is 24.5 Å². The Morgan fingerprint density at radius 1 is 0.600 bits per heavy atom. The SMILES string of the molecule is C[C@H](NC(=O)C1CCC(C(=O)N[C@@H](C)[C@@H]2C[C@@H]3CC[C@@H]2C3)CC1)[C@@H]1C[C@@H]2CC[C@@H]1C2. The Bertz CT molecular complexity index is 599. The summed E-state index contributed by atoms with van der Waals surface area (Å²) in [7, 11) is 0. The third kappa shape index (κ3) is 4.05. The molecule has 5 rings (SSSR count). The number of rotatable bonds is 6. The molecule has 168 valence electrons. The molecule has 5 saturated carbocycles. The summed E-state index contributed by atoms with van der Waals surface area (Å²) in [4.78, 5) is 25.7. The second kappa shape index (κ2) is 8.47. The predicted octanol–water partition coefficient (Wildman–Crippen LogP) is 4.67. The highest BCUT2D eigenvalue weighted by Gasteiger charge is 2.44. The van der Waals surface area contributed by atoms with Crippen LogP contribution in [0.1, 0.15) is 90.9 Å². The second-order valence-corrected chi connectivity index (χ2v) is 11.8. The van der Waals surface area contributed by atoms with Crippen LogP contribution in [0.4, 0.5) is 0 Å². The Morgan fingerprint density at radius 2 is 1.00 bits per heavy atom. The van der Waals surface area contributed by atoms with Crippen molar-refractivity contribution >= 4 is 11.8 Å². The zero-order valence-corrected chi connectivity index (χ0v) is 19.1. The maximum Gasteiger partial charge on any atom is 0.223 e. The number of amides is 2. The van der Waals surface area contributed by atoms with Crippen LogP contribution in [0.5, 0.6) is 0 Å². The van der Waals surface area contributed by atoms with Crippen LogP contribution in [0.2, 0.25) is 0 Å². The predicted molar refractivity (Wildman–Crippen MR) is 119 cm³/mol. The van der Waals surface area contributed by atoms with E-state index in [-0.39, 0.29) is 23.7 Å². The molecule has 2 N–H and O–H groups in total. The summed E-state index contributed by atoms with van der Waals surface area (Å²) in [5.41, 5.74) is 0. The highest BCUT2D eigenvalue weighted by molar-refractivity contribution is 5.81. The van der Waals surface area contributed by atoms with Crippen molar-refractivity contribution in [1.29, 1.82) is 0 Å². The van der Waals surface area contributed by atoms with Crippen molar-refractivity contribution in [3.05, 3.63) is 0 Å². The minimum absolute atomic E-state index is 0.109. The maximum absolute atomic E-state index is 12.9. The zero-order valence-electron chi connectivity index (χ0n) is 19.1. The Balaban J connectivity index is 1.05. The van der Waals surface area contributed by atoms with Gasteiger partial charge in [0, 0.05) is 23.9 Å². The molecule has 0 aliphatic heterocycles. The molecule has 5 fully saturated rings. The molecule has 0 radical (unpaired) electrons. The minimum atomic E-state index is 0.109. The summed E-state index contributed by atoms with van der Waals surface area (Å²) >= 11 is 0. The number of carbonyl (C=O) groups is 2. The first-order chi connectivity index (χ1) is 14.5. The summed E-state index contributed by atoms with van der Waals surface area (Å²) in [6, 6.07) is 0.632. The lowest BCUT2D eigenvalue weighted by atomic mass is 9.79. The maximum atomic E-state index is 12.9. The summed E-state index contributed by atoms with van der Waals surface area (Å²) in [6.07, 6.45) is 14.5. The molecule has 0 heterocycles. The molecule has 0 aromatic rings. The molecule has 5 aliphatic rings. The molecule has 0 unspecified atom stereocenters. The standard InChI is InChI=1S/C26H42N2O2/c1-15(23-13-17-3-5-21(23)11-17)27-25(29)19-7-9-20(10-8-19)26(30)28-16(2)24-14-18-4-6-22(24)12-18/h15-24H,3-14H2,1-2H3,(H,27,29)(H,28,30)/t15-,16-,17+,18+,19?,20?,21+,22+,23-,24-/m0/s1. The Morgan fingerprint density at radius 3 is 1.30 bits per heavy atom. The van der Waals surface area contributed by atoms with Gasteiger partial charge in [-0.1, -0.05) is 12.8 Å². The van der Waals surface area contributed by atoms with Gasteiger partial charge in [-0.05, 0) is 114 Å². The van der Waals surface area contributed by atoms with Crippen molar-refractivity contribution in [3.63, 3.8) is 0 Å². The van der Waals surface area contributed by atoms with Gasteiger partial charge < -0.3 is 10.6 Å². The fourth-order valence-electron chi connectivity index (χ4n) is 8.33. The van der Waals surface area contributed by atoms with E-state index < -0.39 is 0 Å². The second-order valence-electron chi connectivity index (χ2n) is 11.8. The molecule has 8 atom stereocenters. The van der Waals surface area contributed by atoms with Gasteiger partial charge in [0.1, 0.15) is 0 Å². The van der Waals surface area contributed by atoms with Gasteiger partial charge in [-0.3, -0.25) is 9.59 Å². The van der Waals surface area contributed by atoms with Gasteiger partial charge in [0.25, 0.3) is 0 Å². The van der Waals surface area contributed by atoms with Crippen LogP contribution < -0.4 is 10.6 Å². The van der Waals surface area contributed by atoms with Crippen LogP contribution in [0.15, 0.2) is 0 Å². The highest BCUT2D eigenvalue weighted by Crippen LogP contribution is 2.50.